The van der Waals surface area contributed by atoms with Crippen molar-refractivity contribution >= 4 is 18.2 Å². The van der Waals surface area contributed by atoms with Crippen molar-refractivity contribution in [2.75, 3.05) is 5.75 Å². The Balaban J connectivity index is 2.33. The zero-order valence-electron chi connectivity index (χ0n) is 12.5. The molecule has 0 saturated heterocycles. The van der Waals surface area contributed by atoms with Crippen LogP contribution < -0.4 is 4.74 Å². The molecule has 0 spiro atoms. The number of carbonyl (C=O) groups is 1. The zero-order chi connectivity index (χ0) is 17.0. The molecular weight excluding hydrogens is 336 g/mol. The molecule has 0 radical (unpaired) electrons. The number of halogens is 4. The third kappa shape index (κ3) is 3.91. The van der Waals surface area contributed by atoms with Crippen LogP contribution in [0.2, 0.25) is 0 Å². The lowest BCUT2D eigenvalue weighted by molar-refractivity contribution is 0.154. The molecule has 0 bridgehead atoms. The Hall–Kier alpha value is -1.44. The van der Waals surface area contributed by atoms with Gasteiger partial charge in [0.15, 0.2) is 11.6 Å². The summed E-state index contributed by atoms with van der Waals surface area (Å²) in [5, 5.41) is 0. The van der Waals surface area contributed by atoms with Gasteiger partial charge < -0.3 is 8.92 Å². The first-order valence-electron chi connectivity index (χ1n) is 7.34. The second-order valence-corrected chi connectivity index (χ2v) is 6.16. The maximum Gasteiger partial charge on any atom is 0.526 e. The number of benzene rings is 1. The lowest BCUT2D eigenvalue weighted by Crippen LogP contribution is -2.16. The van der Waals surface area contributed by atoms with E-state index >= 15 is 0 Å². The minimum absolute atomic E-state index is 0.378. The van der Waals surface area contributed by atoms with Gasteiger partial charge in [0.2, 0.25) is 17.4 Å². The van der Waals surface area contributed by atoms with Crippen LogP contribution in [0.4, 0.5) is 22.4 Å². The molecule has 1 aromatic carbocycles. The van der Waals surface area contributed by atoms with Gasteiger partial charge in [-0.15, -0.1) is 0 Å². The molecule has 1 aliphatic carbocycles. The Kier molecular flexibility index (Phi) is 6.15. The fourth-order valence-corrected chi connectivity index (χ4v) is 2.92. The van der Waals surface area contributed by atoms with Gasteiger partial charge in [0, 0.05) is 11.3 Å². The minimum atomic E-state index is -1.72. The maximum atomic E-state index is 14.2. The van der Waals surface area contributed by atoms with Crippen LogP contribution in [-0.4, -0.2) is 11.9 Å². The van der Waals surface area contributed by atoms with E-state index in [0.717, 1.165) is 19.3 Å². The molecule has 8 heteroatoms. The van der Waals surface area contributed by atoms with E-state index in [1.807, 2.05) is 0 Å². The minimum Gasteiger partial charge on any atom is -0.388 e. The molecule has 1 aliphatic rings. The summed E-state index contributed by atoms with van der Waals surface area (Å²) in [6, 6.07) is 0. The highest BCUT2D eigenvalue weighted by molar-refractivity contribution is 7.95. The van der Waals surface area contributed by atoms with Crippen LogP contribution in [0, 0.1) is 23.3 Å². The molecule has 0 unspecified atom stereocenters. The number of hydrogen-bond acceptors (Lipinski definition) is 4. The molecule has 1 saturated carbocycles. The molecule has 1 aromatic rings. The number of rotatable bonds is 4. The van der Waals surface area contributed by atoms with Gasteiger partial charge in [0.05, 0.1) is 12.0 Å². The van der Waals surface area contributed by atoms with Crippen LogP contribution in [0.25, 0.3) is 0 Å². The summed E-state index contributed by atoms with van der Waals surface area (Å²) in [6.45, 7) is 1.66. The highest BCUT2D eigenvalue weighted by Gasteiger charge is 2.32. The lowest BCUT2D eigenvalue weighted by atomic mass is 9.83. The van der Waals surface area contributed by atoms with Gasteiger partial charge in [-0.1, -0.05) is 26.2 Å². The Morgan fingerprint density at radius 2 is 1.61 bits per heavy atom. The molecule has 23 heavy (non-hydrogen) atoms. The van der Waals surface area contributed by atoms with Crippen molar-refractivity contribution < 1.29 is 31.3 Å². The Morgan fingerprint density at radius 3 is 2.13 bits per heavy atom. The van der Waals surface area contributed by atoms with Gasteiger partial charge in [-0.25, -0.2) is 13.6 Å². The van der Waals surface area contributed by atoms with Crippen molar-refractivity contribution in [3.8, 4) is 5.75 Å². The van der Waals surface area contributed by atoms with Crippen LogP contribution in [0.15, 0.2) is 0 Å². The van der Waals surface area contributed by atoms with E-state index in [-0.39, 0.29) is 0 Å². The van der Waals surface area contributed by atoms with Gasteiger partial charge >= 0.3 is 6.16 Å². The van der Waals surface area contributed by atoms with Crippen molar-refractivity contribution in [2.24, 2.45) is 0 Å². The van der Waals surface area contributed by atoms with Crippen LogP contribution >= 0.6 is 12.0 Å². The average molecular weight is 352 g/mol. The summed E-state index contributed by atoms with van der Waals surface area (Å²) in [4.78, 5) is 11.2. The van der Waals surface area contributed by atoms with Gasteiger partial charge in [0.25, 0.3) is 0 Å². The van der Waals surface area contributed by atoms with Crippen molar-refractivity contribution in [1.29, 1.82) is 0 Å². The molecule has 3 nitrogen and oxygen atoms in total. The molecule has 128 valence electrons. The first-order chi connectivity index (χ1) is 11.0. The van der Waals surface area contributed by atoms with Crippen LogP contribution in [0.1, 0.15) is 50.5 Å². The highest BCUT2D eigenvalue weighted by atomic mass is 32.2. The SMILES string of the molecule is CCSOC(=O)Oc1c(F)c(F)c(C2CCCCC2)c(F)c1F. The van der Waals surface area contributed by atoms with Crippen molar-refractivity contribution in [1.82, 2.24) is 0 Å². The normalized spacial score (nSPS) is 15.5. The van der Waals surface area contributed by atoms with Gasteiger partial charge in [0.1, 0.15) is 0 Å². The van der Waals surface area contributed by atoms with E-state index in [1.54, 1.807) is 6.92 Å². The molecule has 0 aliphatic heterocycles. The molecule has 0 atom stereocenters. The monoisotopic (exact) mass is 352 g/mol. The van der Waals surface area contributed by atoms with Crippen LogP contribution in [0.5, 0.6) is 5.75 Å². The smallest absolute Gasteiger partial charge is 0.388 e. The predicted molar refractivity (Wildman–Crippen MR) is 77.3 cm³/mol. The molecule has 0 aromatic heterocycles. The third-order valence-corrected chi connectivity index (χ3v) is 4.19. The highest BCUT2D eigenvalue weighted by Crippen LogP contribution is 2.40. The van der Waals surface area contributed by atoms with E-state index in [9.17, 15) is 22.4 Å². The van der Waals surface area contributed by atoms with Crippen molar-refractivity contribution in [3.63, 3.8) is 0 Å². The quantitative estimate of drug-likeness (QED) is 0.236. The van der Waals surface area contributed by atoms with Crippen LogP contribution in [0.3, 0.4) is 0 Å². The predicted octanol–water partition coefficient (Wildman–Crippen LogP) is 5.47. The second kappa shape index (κ2) is 7.90. The molecule has 0 amide bonds. The molecular formula is C15H16F4O3S. The third-order valence-electron chi connectivity index (χ3n) is 3.70. The van der Waals surface area contributed by atoms with E-state index in [1.165, 1.54) is 0 Å². The van der Waals surface area contributed by atoms with E-state index < -0.39 is 46.7 Å². The number of ether oxygens (including phenoxy) is 1. The van der Waals surface area contributed by atoms with Gasteiger partial charge in [-0.3, -0.25) is 0 Å². The summed E-state index contributed by atoms with van der Waals surface area (Å²) >= 11 is 0.675. The summed E-state index contributed by atoms with van der Waals surface area (Å²) in [7, 11) is 0. The Bertz CT molecular complexity index is 560. The Morgan fingerprint density at radius 1 is 1.04 bits per heavy atom. The first kappa shape index (κ1) is 17.9. The standard InChI is InChI=1S/C15H16F4O3S/c1-2-23-22-15(20)21-14-12(18)10(16)9(11(17)13(14)19)8-6-4-3-5-7-8/h8H,2-7H2,1H3. The molecule has 0 heterocycles. The largest absolute Gasteiger partial charge is 0.526 e. The van der Waals surface area contributed by atoms with Crippen LogP contribution in [-0.2, 0) is 4.18 Å². The summed E-state index contributed by atoms with van der Waals surface area (Å²) in [6.07, 6.45) is 1.88. The van der Waals surface area contributed by atoms with Crippen molar-refractivity contribution in [3.05, 3.63) is 28.8 Å². The number of hydrogen-bond donors (Lipinski definition) is 0. The van der Waals surface area contributed by atoms with E-state index in [0.29, 0.717) is 30.6 Å². The maximum absolute atomic E-state index is 14.2. The average Bonchev–Trinajstić information content (AvgIpc) is 2.56. The molecule has 0 N–H and O–H groups in total. The first-order valence-corrected chi connectivity index (χ1v) is 8.25. The van der Waals surface area contributed by atoms with Gasteiger partial charge in [-0.05, 0) is 18.8 Å². The van der Waals surface area contributed by atoms with E-state index in [2.05, 4.69) is 8.92 Å². The fourth-order valence-electron chi connectivity index (χ4n) is 2.68. The van der Waals surface area contributed by atoms with E-state index in [4.69, 9.17) is 0 Å². The second-order valence-electron chi connectivity index (χ2n) is 5.18. The summed E-state index contributed by atoms with van der Waals surface area (Å²) < 4.78 is 65.1. The lowest BCUT2D eigenvalue weighted by Gasteiger charge is -2.23. The summed E-state index contributed by atoms with van der Waals surface area (Å²) in [5.41, 5.74) is -0.608. The molecule has 1 fully saturated rings. The topological polar surface area (TPSA) is 35.5 Å². The fraction of sp³-hybridized carbons (Fsp3) is 0.533. The van der Waals surface area contributed by atoms with Gasteiger partial charge in [-0.2, -0.15) is 8.78 Å². The number of carbonyl (C=O) groups excluding carboxylic acids is 1. The van der Waals surface area contributed by atoms with Crippen molar-refractivity contribution in [2.45, 2.75) is 44.9 Å². The Labute approximate surface area is 135 Å². The zero-order valence-corrected chi connectivity index (χ0v) is 13.3. The molecule has 2 rings (SSSR count). The summed E-state index contributed by atoms with van der Waals surface area (Å²) in [5.74, 6) is -8.08.